The summed E-state index contributed by atoms with van der Waals surface area (Å²) in [6.45, 7) is 8.72. The van der Waals surface area contributed by atoms with Gasteiger partial charge in [0.2, 0.25) is 0 Å². The van der Waals surface area contributed by atoms with Gasteiger partial charge in [-0.15, -0.1) is 0 Å². The minimum absolute atomic E-state index is 0.184. The maximum absolute atomic E-state index is 12.4. The highest BCUT2D eigenvalue weighted by atomic mass is 16.6. The van der Waals surface area contributed by atoms with E-state index in [1.165, 1.54) is 5.69 Å². The van der Waals surface area contributed by atoms with Gasteiger partial charge in [-0.2, -0.15) is 0 Å². The van der Waals surface area contributed by atoms with E-state index in [1.807, 2.05) is 51.9 Å². The third-order valence-electron chi connectivity index (χ3n) is 4.42. The molecule has 1 N–H and O–H groups in total. The van der Waals surface area contributed by atoms with Crippen molar-refractivity contribution >= 4 is 17.5 Å². The van der Waals surface area contributed by atoms with Gasteiger partial charge in [0.25, 0.3) is 0 Å². The largest absolute Gasteiger partial charge is 0.444 e. The monoisotopic (exact) mass is 347 g/mol. The van der Waals surface area contributed by atoms with Crippen LogP contribution in [0.15, 0.2) is 24.3 Å². The zero-order valence-electron chi connectivity index (χ0n) is 16.5. The average Bonchev–Trinajstić information content (AvgIpc) is 2.93. The minimum Gasteiger partial charge on any atom is -0.444 e. The van der Waals surface area contributed by atoms with E-state index in [-0.39, 0.29) is 18.2 Å². The first-order valence-corrected chi connectivity index (χ1v) is 9.20. The summed E-state index contributed by atoms with van der Waals surface area (Å²) >= 11 is 0. The number of rotatable bonds is 5. The fraction of sp³-hybridized carbons (Fsp3) is 0.650. The molecule has 2 unspecified atom stereocenters. The van der Waals surface area contributed by atoms with Gasteiger partial charge in [0.05, 0.1) is 11.4 Å². The van der Waals surface area contributed by atoms with Gasteiger partial charge in [-0.1, -0.05) is 12.1 Å². The third-order valence-corrected chi connectivity index (χ3v) is 4.42. The number of carbonyl (C=O) groups excluding carboxylic acids is 1. The summed E-state index contributed by atoms with van der Waals surface area (Å²) in [7, 11) is 4.10. The Hall–Kier alpha value is -1.91. The number of anilines is 2. The Balaban J connectivity index is 1.98. The number of amides is 1. The normalized spacial score (nSPS) is 18.8. The van der Waals surface area contributed by atoms with Crippen LogP contribution in [0.4, 0.5) is 16.2 Å². The lowest BCUT2D eigenvalue weighted by Crippen LogP contribution is -2.41. The predicted molar refractivity (Wildman–Crippen MR) is 104 cm³/mol. The van der Waals surface area contributed by atoms with Gasteiger partial charge in [-0.3, -0.25) is 0 Å². The Kier molecular flexibility index (Phi) is 6.20. The fourth-order valence-electron chi connectivity index (χ4n) is 3.36. The number of hydrogen-bond donors (Lipinski definition) is 1. The summed E-state index contributed by atoms with van der Waals surface area (Å²) in [4.78, 5) is 16.4. The molecule has 0 spiro atoms. The van der Waals surface area contributed by atoms with Crippen molar-refractivity contribution in [1.82, 2.24) is 4.90 Å². The molecule has 1 aliphatic heterocycles. The van der Waals surface area contributed by atoms with Crippen LogP contribution in [0.1, 0.15) is 47.0 Å². The maximum atomic E-state index is 12.4. The van der Waals surface area contributed by atoms with Crippen molar-refractivity contribution in [1.29, 1.82) is 0 Å². The van der Waals surface area contributed by atoms with Crippen molar-refractivity contribution in [2.24, 2.45) is 0 Å². The van der Waals surface area contributed by atoms with Crippen LogP contribution in [0.5, 0.6) is 0 Å². The molecule has 0 saturated carbocycles. The summed E-state index contributed by atoms with van der Waals surface area (Å²) in [5.41, 5.74) is 1.85. The molecule has 25 heavy (non-hydrogen) atoms. The van der Waals surface area contributed by atoms with Crippen LogP contribution in [0.25, 0.3) is 0 Å². The molecular formula is C20H33N3O2. The van der Waals surface area contributed by atoms with E-state index in [1.54, 1.807) is 0 Å². The minimum atomic E-state index is -0.446. The van der Waals surface area contributed by atoms with Gasteiger partial charge in [0.1, 0.15) is 5.60 Å². The van der Waals surface area contributed by atoms with Crippen LogP contribution in [-0.4, -0.2) is 49.3 Å². The summed E-state index contributed by atoms with van der Waals surface area (Å²) < 4.78 is 5.56. The smallest absolute Gasteiger partial charge is 0.410 e. The Morgan fingerprint density at radius 3 is 2.68 bits per heavy atom. The number of likely N-dealkylation sites (tertiary alicyclic amines) is 1. The van der Waals surface area contributed by atoms with E-state index in [9.17, 15) is 4.79 Å². The first-order valence-electron chi connectivity index (χ1n) is 9.20. The van der Waals surface area contributed by atoms with E-state index in [2.05, 4.69) is 29.3 Å². The van der Waals surface area contributed by atoms with Crippen molar-refractivity contribution in [3.05, 3.63) is 24.3 Å². The summed E-state index contributed by atoms with van der Waals surface area (Å²) in [6.07, 6.45) is 2.82. The molecular weight excluding hydrogens is 314 g/mol. The fourth-order valence-corrected chi connectivity index (χ4v) is 3.36. The lowest BCUT2D eigenvalue weighted by Gasteiger charge is -2.30. The molecule has 2 atom stereocenters. The highest BCUT2D eigenvalue weighted by Crippen LogP contribution is 2.28. The number of para-hydroxylation sites is 2. The van der Waals surface area contributed by atoms with Gasteiger partial charge >= 0.3 is 6.09 Å². The highest BCUT2D eigenvalue weighted by molar-refractivity contribution is 5.70. The topological polar surface area (TPSA) is 44.8 Å². The summed E-state index contributed by atoms with van der Waals surface area (Å²) in [5.74, 6) is 0. The van der Waals surface area contributed by atoms with Gasteiger partial charge in [-0.05, 0) is 59.1 Å². The molecule has 1 fully saturated rings. The SMILES string of the molecule is CC(CC1CCCN1C(=O)OC(C)(C)C)Nc1ccccc1N(C)C. The second-order valence-corrected chi connectivity index (χ2v) is 8.16. The maximum Gasteiger partial charge on any atom is 0.410 e. The quantitative estimate of drug-likeness (QED) is 0.860. The zero-order valence-corrected chi connectivity index (χ0v) is 16.5. The second-order valence-electron chi connectivity index (χ2n) is 8.16. The molecule has 1 aromatic carbocycles. The molecule has 1 saturated heterocycles. The number of benzene rings is 1. The molecule has 1 aliphatic rings. The third kappa shape index (κ3) is 5.55. The van der Waals surface area contributed by atoms with Crippen molar-refractivity contribution in [2.75, 3.05) is 30.9 Å². The molecule has 1 heterocycles. The molecule has 140 valence electrons. The van der Waals surface area contributed by atoms with Crippen molar-refractivity contribution in [2.45, 2.75) is 64.6 Å². The van der Waals surface area contributed by atoms with E-state index in [0.29, 0.717) is 0 Å². The number of hydrogen-bond acceptors (Lipinski definition) is 4. The van der Waals surface area contributed by atoms with Crippen molar-refractivity contribution in [3.8, 4) is 0 Å². The average molecular weight is 348 g/mol. The van der Waals surface area contributed by atoms with Crippen LogP contribution in [0.2, 0.25) is 0 Å². The number of nitrogens with one attached hydrogen (secondary N) is 1. The summed E-state index contributed by atoms with van der Waals surface area (Å²) in [5, 5.41) is 3.61. The zero-order chi connectivity index (χ0) is 18.6. The van der Waals surface area contributed by atoms with Gasteiger partial charge in [0, 0.05) is 32.7 Å². The standard InChI is InChI=1S/C20H33N3O2/c1-15(21-17-11-7-8-12-18(17)22(5)6)14-16-10-9-13-23(16)19(24)25-20(2,3)4/h7-8,11-12,15-16,21H,9-10,13-14H2,1-6H3. The highest BCUT2D eigenvalue weighted by Gasteiger charge is 2.32. The number of ether oxygens (including phenoxy) is 1. The molecule has 1 aromatic rings. The Morgan fingerprint density at radius 1 is 1.36 bits per heavy atom. The molecule has 2 rings (SSSR count). The van der Waals surface area contributed by atoms with Gasteiger partial charge in [-0.25, -0.2) is 4.79 Å². The molecule has 0 aliphatic carbocycles. The predicted octanol–water partition coefficient (Wildman–Crippen LogP) is 4.34. The van der Waals surface area contributed by atoms with Crippen LogP contribution >= 0.6 is 0 Å². The molecule has 0 radical (unpaired) electrons. The lowest BCUT2D eigenvalue weighted by atomic mass is 10.1. The van der Waals surface area contributed by atoms with Gasteiger partial charge < -0.3 is 19.9 Å². The van der Waals surface area contributed by atoms with Gasteiger partial charge in [0.15, 0.2) is 0 Å². The van der Waals surface area contributed by atoms with E-state index >= 15 is 0 Å². The molecule has 0 bridgehead atoms. The number of nitrogens with zero attached hydrogens (tertiary/aromatic N) is 2. The van der Waals surface area contributed by atoms with Crippen LogP contribution < -0.4 is 10.2 Å². The molecule has 1 amide bonds. The Labute approximate surface area is 152 Å². The molecule has 5 nitrogen and oxygen atoms in total. The van der Waals surface area contributed by atoms with Crippen LogP contribution in [0, 0.1) is 0 Å². The van der Waals surface area contributed by atoms with Crippen LogP contribution in [-0.2, 0) is 4.74 Å². The first-order chi connectivity index (χ1) is 11.7. The van der Waals surface area contributed by atoms with Crippen LogP contribution in [0.3, 0.4) is 0 Å². The van der Waals surface area contributed by atoms with E-state index < -0.39 is 5.60 Å². The lowest BCUT2D eigenvalue weighted by molar-refractivity contribution is 0.0218. The second kappa shape index (κ2) is 7.98. The van der Waals surface area contributed by atoms with E-state index in [4.69, 9.17) is 4.74 Å². The van der Waals surface area contributed by atoms with Crippen molar-refractivity contribution < 1.29 is 9.53 Å². The Bertz CT molecular complexity index is 581. The molecule has 0 aromatic heterocycles. The summed E-state index contributed by atoms with van der Waals surface area (Å²) in [6, 6.07) is 8.82. The Morgan fingerprint density at radius 2 is 2.04 bits per heavy atom. The van der Waals surface area contributed by atoms with Crippen molar-refractivity contribution in [3.63, 3.8) is 0 Å². The van der Waals surface area contributed by atoms with E-state index in [0.717, 1.165) is 31.5 Å². The first kappa shape index (κ1) is 19.4. The number of carbonyl (C=O) groups is 1. The molecule has 5 heteroatoms.